The highest BCUT2D eigenvalue weighted by atomic mass is 19.1. The first kappa shape index (κ1) is 11.3. The molecular formula is C12H15F2NO. The van der Waals surface area contributed by atoms with Gasteiger partial charge in [-0.15, -0.1) is 0 Å². The molecule has 0 amide bonds. The minimum atomic E-state index is -0.561. The summed E-state index contributed by atoms with van der Waals surface area (Å²) in [6.45, 7) is 1.76. The Hall–Kier alpha value is -1.16. The molecule has 4 heteroatoms. The van der Waals surface area contributed by atoms with E-state index in [2.05, 4.69) is 5.32 Å². The van der Waals surface area contributed by atoms with Crippen LogP contribution in [0.15, 0.2) is 12.1 Å². The fraction of sp³-hybridized carbons (Fsp3) is 0.500. The molecule has 0 radical (unpaired) electrons. The van der Waals surface area contributed by atoms with Crippen molar-refractivity contribution in [2.75, 3.05) is 20.2 Å². The Kier molecular flexibility index (Phi) is 3.39. The van der Waals surface area contributed by atoms with Crippen molar-refractivity contribution in [3.63, 3.8) is 0 Å². The molecule has 88 valence electrons. The number of halogens is 2. The second-order valence-electron chi connectivity index (χ2n) is 4.11. The van der Waals surface area contributed by atoms with Crippen molar-refractivity contribution < 1.29 is 13.5 Å². The van der Waals surface area contributed by atoms with Crippen LogP contribution < -0.4 is 10.1 Å². The summed E-state index contributed by atoms with van der Waals surface area (Å²) in [6.07, 6.45) is 1.40. The summed E-state index contributed by atoms with van der Waals surface area (Å²) in [5.41, 5.74) is 0.146. The van der Waals surface area contributed by atoms with Gasteiger partial charge in [0, 0.05) is 5.56 Å². The van der Waals surface area contributed by atoms with Crippen LogP contribution in [0.5, 0.6) is 5.75 Å². The molecule has 1 aromatic carbocycles. The summed E-state index contributed by atoms with van der Waals surface area (Å²) < 4.78 is 32.2. The number of methoxy groups -OCH3 is 1. The first-order valence-corrected chi connectivity index (χ1v) is 5.44. The van der Waals surface area contributed by atoms with Crippen LogP contribution in [-0.2, 0) is 6.42 Å². The largest absolute Gasteiger partial charge is 0.494 e. The van der Waals surface area contributed by atoms with Gasteiger partial charge in [-0.3, -0.25) is 0 Å². The Labute approximate surface area is 93.6 Å². The second-order valence-corrected chi connectivity index (χ2v) is 4.11. The van der Waals surface area contributed by atoms with Crippen LogP contribution in [0.25, 0.3) is 0 Å². The Morgan fingerprint density at radius 2 is 2.25 bits per heavy atom. The average molecular weight is 227 g/mol. The van der Waals surface area contributed by atoms with E-state index in [1.54, 1.807) is 0 Å². The summed E-state index contributed by atoms with van der Waals surface area (Å²) in [4.78, 5) is 0. The van der Waals surface area contributed by atoms with Gasteiger partial charge in [0.15, 0.2) is 11.6 Å². The van der Waals surface area contributed by atoms with Crippen molar-refractivity contribution in [1.29, 1.82) is 0 Å². The van der Waals surface area contributed by atoms with Crippen LogP contribution >= 0.6 is 0 Å². The molecule has 1 saturated heterocycles. The highest BCUT2D eigenvalue weighted by molar-refractivity contribution is 5.32. The van der Waals surface area contributed by atoms with Gasteiger partial charge in [0.1, 0.15) is 5.82 Å². The van der Waals surface area contributed by atoms with E-state index in [1.807, 2.05) is 0 Å². The lowest BCUT2D eigenvalue weighted by Gasteiger charge is -2.12. The highest BCUT2D eigenvalue weighted by Crippen LogP contribution is 2.26. The zero-order valence-electron chi connectivity index (χ0n) is 9.22. The number of nitrogens with one attached hydrogen (secondary N) is 1. The summed E-state index contributed by atoms with van der Waals surface area (Å²) in [5.74, 6) is -0.613. The maximum Gasteiger partial charge on any atom is 0.171 e. The SMILES string of the molecule is COc1ccc(F)c(CC2CCNC2)c1F. The third kappa shape index (κ3) is 2.16. The third-order valence-corrected chi connectivity index (χ3v) is 3.03. The average Bonchev–Trinajstić information content (AvgIpc) is 2.77. The molecule has 1 N–H and O–H groups in total. The molecule has 1 unspecified atom stereocenters. The van der Waals surface area contributed by atoms with Gasteiger partial charge in [0.25, 0.3) is 0 Å². The molecule has 2 rings (SSSR count). The van der Waals surface area contributed by atoms with Crippen LogP contribution in [0.3, 0.4) is 0 Å². The maximum atomic E-state index is 13.8. The van der Waals surface area contributed by atoms with Crippen molar-refractivity contribution >= 4 is 0 Å². The number of ether oxygens (including phenoxy) is 1. The second kappa shape index (κ2) is 4.78. The lowest BCUT2D eigenvalue weighted by molar-refractivity contribution is 0.378. The van der Waals surface area contributed by atoms with Crippen molar-refractivity contribution in [3.8, 4) is 5.75 Å². The molecule has 1 aliphatic rings. The van der Waals surface area contributed by atoms with Crippen molar-refractivity contribution in [3.05, 3.63) is 29.3 Å². The lowest BCUT2D eigenvalue weighted by atomic mass is 9.97. The molecular weight excluding hydrogens is 212 g/mol. The zero-order valence-corrected chi connectivity index (χ0v) is 9.22. The van der Waals surface area contributed by atoms with Gasteiger partial charge in [-0.1, -0.05) is 0 Å². The Balaban J connectivity index is 2.23. The topological polar surface area (TPSA) is 21.3 Å². The maximum absolute atomic E-state index is 13.8. The third-order valence-electron chi connectivity index (χ3n) is 3.03. The van der Waals surface area contributed by atoms with Crippen molar-refractivity contribution in [1.82, 2.24) is 5.32 Å². The van der Waals surface area contributed by atoms with E-state index in [0.29, 0.717) is 12.3 Å². The van der Waals surface area contributed by atoms with E-state index in [9.17, 15) is 8.78 Å². The predicted molar refractivity (Wildman–Crippen MR) is 57.6 cm³/mol. The standard InChI is InChI=1S/C12H15F2NO/c1-16-11-3-2-10(13)9(12(11)14)6-8-4-5-15-7-8/h2-3,8,15H,4-7H2,1H3. The van der Waals surface area contributed by atoms with Crippen LogP contribution in [0.2, 0.25) is 0 Å². The van der Waals surface area contributed by atoms with Crippen molar-refractivity contribution in [2.24, 2.45) is 5.92 Å². The van der Waals surface area contributed by atoms with Gasteiger partial charge in [-0.05, 0) is 44.0 Å². The van der Waals surface area contributed by atoms with E-state index in [4.69, 9.17) is 4.74 Å². The Morgan fingerprint density at radius 1 is 1.44 bits per heavy atom. The molecule has 0 spiro atoms. The van der Waals surface area contributed by atoms with Crippen LogP contribution in [0, 0.1) is 17.6 Å². The molecule has 0 aromatic heterocycles. The number of rotatable bonds is 3. The van der Waals surface area contributed by atoms with E-state index in [-0.39, 0.29) is 11.3 Å². The summed E-state index contributed by atoms with van der Waals surface area (Å²) in [7, 11) is 1.39. The summed E-state index contributed by atoms with van der Waals surface area (Å²) in [5, 5.41) is 3.18. The van der Waals surface area contributed by atoms with Gasteiger partial charge in [0.05, 0.1) is 7.11 Å². The molecule has 1 heterocycles. The molecule has 2 nitrogen and oxygen atoms in total. The summed E-state index contributed by atoms with van der Waals surface area (Å²) >= 11 is 0. The summed E-state index contributed by atoms with van der Waals surface area (Å²) in [6, 6.07) is 2.58. The smallest absolute Gasteiger partial charge is 0.171 e. The molecule has 0 saturated carbocycles. The minimum absolute atomic E-state index is 0.113. The highest BCUT2D eigenvalue weighted by Gasteiger charge is 2.21. The molecule has 1 atom stereocenters. The minimum Gasteiger partial charge on any atom is -0.494 e. The van der Waals surface area contributed by atoms with Crippen LogP contribution in [0.1, 0.15) is 12.0 Å². The van der Waals surface area contributed by atoms with Gasteiger partial charge < -0.3 is 10.1 Å². The van der Waals surface area contributed by atoms with Gasteiger partial charge >= 0.3 is 0 Å². The van der Waals surface area contributed by atoms with Gasteiger partial charge in [-0.2, -0.15) is 0 Å². The van der Waals surface area contributed by atoms with E-state index < -0.39 is 11.6 Å². The van der Waals surface area contributed by atoms with E-state index in [0.717, 1.165) is 19.5 Å². The first-order valence-electron chi connectivity index (χ1n) is 5.44. The quantitative estimate of drug-likeness (QED) is 0.854. The molecule has 16 heavy (non-hydrogen) atoms. The predicted octanol–water partition coefficient (Wildman–Crippen LogP) is 2.13. The molecule has 0 aliphatic carbocycles. The van der Waals surface area contributed by atoms with Crippen molar-refractivity contribution in [2.45, 2.75) is 12.8 Å². The number of hydrogen-bond acceptors (Lipinski definition) is 2. The first-order chi connectivity index (χ1) is 7.72. The fourth-order valence-corrected chi connectivity index (χ4v) is 2.10. The Bertz CT molecular complexity index is 376. The monoisotopic (exact) mass is 227 g/mol. The molecule has 0 bridgehead atoms. The fourth-order valence-electron chi connectivity index (χ4n) is 2.10. The van der Waals surface area contributed by atoms with Gasteiger partial charge in [-0.25, -0.2) is 8.78 Å². The lowest BCUT2D eigenvalue weighted by Crippen LogP contribution is -2.12. The van der Waals surface area contributed by atoms with Crippen LogP contribution in [0.4, 0.5) is 8.78 Å². The molecule has 1 fully saturated rings. The Morgan fingerprint density at radius 3 is 2.88 bits per heavy atom. The number of hydrogen-bond donors (Lipinski definition) is 1. The van der Waals surface area contributed by atoms with E-state index in [1.165, 1.54) is 19.2 Å². The molecule has 1 aliphatic heterocycles. The zero-order chi connectivity index (χ0) is 11.5. The van der Waals surface area contributed by atoms with Crippen LogP contribution in [-0.4, -0.2) is 20.2 Å². The van der Waals surface area contributed by atoms with E-state index >= 15 is 0 Å². The number of benzene rings is 1. The van der Waals surface area contributed by atoms with Gasteiger partial charge in [0.2, 0.25) is 0 Å². The molecule has 1 aromatic rings. The normalized spacial score (nSPS) is 20.1.